The third kappa shape index (κ3) is 2.37. The largest absolute Gasteiger partial charge is 0.508 e. The van der Waals surface area contributed by atoms with Crippen molar-refractivity contribution in [3.05, 3.63) is 41.2 Å². The lowest BCUT2D eigenvalue weighted by molar-refractivity contribution is -0.0605. The molecule has 0 bridgehead atoms. The standard InChI is InChI=1S/C16H18N4O3/c1-10-6-12(21)2-3-13(10)16(22)19-5-4-15-14(8-19)20-11(9-23-15)7-17-18-20/h2-3,6-7,14-15,21H,4-5,8-9H2,1H3/t14-,15-/m1/s1. The minimum absolute atomic E-state index is 0.0105. The minimum Gasteiger partial charge on any atom is -0.508 e. The molecule has 1 aromatic carbocycles. The fourth-order valence-electron chi connectivity index (χ4n) is 3.42. The molecule has 2 atom stereocenters. The molecule has 2 aliphatic rings. The highest BCUT2D eigenvalue weighted by Gasteiger charge is 2.38. The average molecular weight is 314 g/mol. The molecule has 2 aliphatic heterocycles. The smallest absolute Gasteiger partial charge is 0.254 e. The molecular formula is C16H18N4O3. The van der Waals surface area contributed by atoms with Crippen LogP contribution in [-0.2, 0) is 11.3 Å². The summed E-state index contributed by atoms with van der Waals surface area (Å²) in [6.45, 7) is 3.57. The monoisotopic (exact) mass is 314 g/mol. The molecule has 23 heavy (non-hydrogen) atoms. The molecule has 2 aromatic rings. The van der Waals surface area contributed by atoms with Gasteiger partial charge in [0.1, 0.15) is 5.75 Å². The van der Waals surface area contributed by atoms with Gasteiger partial charge in [0.05, 0.1) is 30.6 Å². The zero-order valence-electron chi connectivity index (χ0n) is 12.8. The van der Waals surface area contributed by atoms with E-state index in [1.165, 1.54) is 0 Å². The van der Waals surface area contributed by atoms with Gasteiger partial charge in [-0.05, 0) is 37.1 Å². The van der Waals surface area contributed by atoms with E-state index < -0.39 is 0 Å². The van der Waals surface area contributed by atoms with Gasteiger partial charge in [-0.15, -0.1) is 5.10 Å². The summed E-state index contributed by atoms with van der Waals surface area (Å²) in [5.74, 6) is 0.152. The number of benzene rings is 1. The number of amides is 1. The molecular weight excluding hydrogens is 296 g/mol. The number of likely N-dealkylation sites (tertiary alicyclic amines) is 1. The van der Waals surface area contributed by atoms with Crippen LogP contribution in [0.1, 0.15) is 34.1 Å². The summed E-state index contributed by atoms with van der Waals surface area (Å²) in [4.78, 5) is 14.6. The van der Waals surface area contributed by atoms with Crippen LogP contribution in [0.15, 0.2) is 24.4 Å². The van der Waals surface area contributed by atoms with E-state index >= 15 is 0 Å². The number of rotatable bonds is 1. The summed E-state index contributed by atoms with van der Waals surface area (Å²) in [5.41, 5.74) is 2.34. The first-order valence-corrected chi connectivity index (χ1v) is 7.73. The van der Waals surface area contributed by atoms with Gasteiger partial charge >= 0.3 is 0 Å². The number of aromatic nitrogens is 3. The van der Waals surface area contributed by atoms with Crippen LogP contribution in [0, 0.1) is 6.92 Å². The zero-order valence-corrected chi connectivity index (χ0v) is 12.8. The van der Waals surface area contributed by atoms with Gasteiger partial charge in [-0.1, -0.05) is 5.21 Å². The number of carbonyl (C=O) groups is 1. The molecule has 4 rings (SSSR count). The van der Waals surface area contributed by atoms with Crippen molar-refractivity contribution in [2.24, 2.45) is 0 Å². The van der Waals surface area contributed by atoms with Crippen LogP contribution in [0.4, 0.5) is 0 Å². The van der Waals surface area contributed by atoms with Crippen LogP contribution in [0.3, 0.4) is 0 Å². The molecule has 1 N–H and O–H groups in total. The molecule has 0 aliphatic carbocycles. The number of aromatic hydroxyl groups is 1. The first-order valence-electron chi connectivity index (χ1n) is 7.73. The van der Waals surface area contributed by atoms with Crippen LogP contribution in [0.25, 0.3) is 0 Å². The Kier molecular flexibility index (Phi) is 3.30. The number of hydrogen-bond acceptors (Lipinski definition) is 5. The minimum atomic E-state index is -0.0202. The van der Waals surface area contributed by atoms with Gasteiger partial charge in [-0.3, -0.25) is 4.79 Å². The van der Waals surface area contributed by atoms with Gasteiger partial charge in [0.15, 0.2) is 0 Å². The van der Waals surface area contributed by atoms with Gasteiger partial charge in [-0.25, -0.2) is 4.68 Å². The van der Waals surface area contributed by atoms with E-state index in [4.69, 9.17) is 4.74 Å². The number of nitrogens with zero attached hydrogens (tertiary/aromatic N) is 4. The number of phenols is 1. The van der Waals surface area contributed by atoms with Gasteiger partial charge in [0, 0.05) is 18.7 Å². The molecule has 3 heterocycles. The van der Waals surface area contributed by atoms with E-state index in [9.17, 15) is 9.90 Å². The number of piperidine rings is 1. The molecule has 7 nitrogen and oxygen atoms in total. The number of hydrogen-bond donors (Lipinski definition) is 1. The Labute approximate surface area is 133 Å². The van der Waals surface area contributed by atoms with Crippen molar-refractivity contribution in [2.45, 2.75) is 32.1 Å². The van der Waals surface area contributed by atoms with E-state index in [0.29, 0.717) is 25.3 Å². The molecule has 1 fully saturated rings. The summed E-state index contributed by atoms with van der Waals surface area (Å²) in [5, 5.41) is 17.6. The van der Waals surface area contributed by atoms with E-state index in [1.807, 2.05) is 16.5 Å². The zero-order chi connectivity index (χ0) is 16.0. The lowest BCUT2D eigenvalue weighted by atomic mass is 9.98. The number of aryl methyl sites for hydroxylation is 1. The fourth-order valence-corrected chi connectivity index (χ4v) is 3.42. The normalized spacial score (nSPS) is 23.3. The van der Waals surface area contributed by atoms with Gasteiger partial charge in [0.25, 0.3) is 5.91 Å². The average Bonchev–Trinajstić information content (AvgIpc) is 3.03. The molecule has 0 radical (unpaired) electrons. The Morgan fingerprint density at radius 2 is 2.30 bits per heavy atom. The van der Waals surface area contributed by atoms with Crippen molar-refractivity contribution in [3.63, 3.8) is 0 Å². The third-order valence-corrected chi connectivity index (χ3v) is 4.66. The van der Waals surface area contributed by atoms with Crippen molar-refractivity contribution in [2.75, 3.05) is 13.1 Å². The summed E-state index contributed by atoms with van der Waals surface area (Å²) in [6.07, 6.45) is 2.57. The lowest BCUT2D eigenvalue weighted by Crippen LogP contribution is -2.50. The number of fused-ring (bicyclic) bond motifs is 3. The summed E-state index contributed by atoms with van der Waals surface area (Å²) >= 11 is 0. The van der Waals surface area contributed by atoms with E-state index in [-0.39, 0.29) is 23.8 Å². The van der Waals surface area contributed by atoms with E-state index in [2.05, 4.69) is 10.3 Å². The summed E-state index contributed by atoms with van der Waals surface area (Å²) in [7, 11) is 0. The number of phenolic OH excluding ortho intramolecular Hbond substituents is 1. The number of ether oxygens (including phenoxy) is 1. The molecule has 0 spiro atoms. The second-order valence-corrected chi connectivity index (χ2v) is 6.13. The second-order valence-electron chi connectivity index (χ2n) is 6.13. The third-order valence-electron chi connectivity index (χ3n) is 4.66. The van der Waals surface area contributed by atoms with Gasteiger partial charge < -0.3 is 14.7 Å². The van der Waals surface area contributed by atoms with Crippen molar-refractivity contribution >= 4 is 5.91 Å². The fraction of sp³-hybridized carbons (Fsp3) is 0.438. The SMILES string of the molecule is Cc1cc(O)ccc1C(=O)N1CC[C@H]2OCc3cnnn3[C@@H]2C1. The Morgan fingerprint density at radius 1 is 1.43 bits per heavy atom. The molecule has 120 valence electrons. The highest BCUT2D eigenvalue weighted by atomic mass is 16.5. The summed E-state index contributed by atoms with van der Waals surface area (Å²) in [6, 6.07) is 4.85. The maximum absolute atomic E-state index is 12.8. The highest BCUT2D eigenvalue weighted by Crippen LogP contribution is 2.31. The predicted molar refractivity (Wildman–Crippen MR) is 81.0 cm³/mol. The van der Waals surface area contributed by atoms with Crippen LogP contribution in [-0.4, -0.2) is 50.1 Å². The van der Waals surface area contributed by atoms with Crippen LogP contribution < -0.4 is 0 Å². The topological polar surface area (TPSA) is 80.5 Å². The maximum Gasteiger partial charge on any atom is 0.254 e. The van der Waals surface area contributed by atoms with E-state index in [0.717, 1.165) is 17.7 Å². The first-order chi connectivity index (χ1) is 11.1. The van der Waals surface area contributed by atoms with Gasteiger partial charge in [0.2, 0.25) is 0 Å². The van der Waals surface area contributed by atoms with Crippen LogP contribution >= 0.6 is 0 Å². The predicted octanol–water partition coefficient (Wildman–Crippen LogP) is 1.28. The highest BCUT2D eigenvalue weighted by molar-refractivity contribution is 5.95. The Hall–Kier alpha value is -2.41. The van der Waals surface area contributed by atoms with Crippen molar-refractivity contribution < 1.29 is 14.6 Å². The van der Waals surface area contributed by atoms with Crippen molar-refractivity contribution in [1.82, 2.24) is 19.9 Å². The maximum atomic E-state index is 12.8. The number of carbonyl (C=O) groups excluding carboxylic acids is 1. The molecule has 1 amide bonds. The molecule has 0 saturated carbocycles. The lowest BCUT2D eigenvalue weighted by Gasteiger charge is -2.41. The van der Waals surface area contributed by atoms with Crippen molar-refractivity contribution in [3.8, 4) is 5.75 Å². The Bertz CT molecular complexity index is 758. The quantitative estimate of drug-likeness (QED) is 0.857. The van der Waals surface area contributed by atoms with Gasteiger partial charge in [-0.2, -0.15) is 0 Å². The molecule has 1 saturated heterocycles. The Morgan fingerprint density at radius 3 is 3.13 bits per heavy atom. The van der Waals surface area contributed by atoms with Crippen LogP contribution in [0.5, 0.6) is 5.75 Å². The molecule has 7 heteroatoms. The van der Waals surface area contributed by atoms with E-state index in [1.54, 1.807) is 24.4 Å². The second kappa shape index (κ2) is 5.34. The molecule has 0 unspecified atom stereocenters. The van der Waals surface area contributed by atoms with Crippen LogP contribution in [0.2, 0.25) is 0 Å². The van der Waals surface area contributed by atoms with Crippen molar-refractivity contribution in [1.29, 1.82) is 0 Å². The summed E-state index contributed by atoms with van der Waals surface area (Å²) < 4.78 is 7.75. The molecule has 1 aromatic heterocycles. The first kappa shape index (κ1) is 14.2. The Balaban J connectivity index is 1.59.